The highest BCUT2D eigenvalue weighted by atomic mass is 19.3. The fourth-order valence-electron chi connectivity index (χ4n) is 3.71. The molecule has 132 valence electrons. The van der Waals surface area contributed by atoms with Crippen LogP contribution in [0.25, 0.3) is 0 Å². The Labute approximate surface area is 142 Å². The molecule has 2 aromatic rings. The maximum atomic E-state index is 14.8. The lowest BCUT2D eigenvalue weighted by molar-refractivity contribution is -0.150. The van der Waals surface area contributed by atoms with Gasteiger partial charge in [0.15, 0.2) is 0 Å². The normalized spacial score (nSPS) is 25.5. The number of nitrogens with zero attached hydrogens (tertiary/aromatic N) is 5. The van der Waals surface area contributed by atoms with Crippen LogP contribution in [0.4, 0.5) is 14.6 Å². The first kappa shape index (κ1) is 15.9. The van der Waals surface area contributed by atoms with E-state index in [-0.39, 0.29) is 38.2 Å². The summed E-state index contributed by atoms with van der Waals surface area (Å²) in [6.45, 7) is 0.577. The number of halogens is 2. The Morgan fingerprint density at radius 3 is 2.76 bits per heavy atom. The number of aromatic nitrogens is 3. The van der Waals surface area contributed by atoms with Crippen molar-refractivity contribution in [3.63, 3.8) is 0 Å². The van der Waals surface area contributed by atoms with Crippen molar-refractivity contribution in [2.75, 3.05) is 31.1 Å². The number of carbonyl (C=O) groups is 1. The van der Waals surface area contributed by atoms with Crippen LogP contribution in [0.2, 0.25) is 0 Å². The zero-order valence-corrected chi connectivity index (χ0v) is 13.4. The van der Waals surface area contributed by atoms with Crippen LogP contribution in [0.3, 0.4) is 0 Å². The highest BCUT2D eigenvalue weighted by Gasteiger charge is 2.60. The first-order valence-electron chi connectivity index (χ1n) is 8.10. The Kier molecular flexibility index (Phi) is 3.66. The topological polar surface area (TPSA) is 75.4 Å². The van der Waals surface area contributed by atoms with Gasteiger partial charge in [-0.15, -0.1) is 0 Å². The van der Waals surface area contributed by atoms with E-state index in [1.54, 1.807) is 18.6 Å². The first-order chi connectivity index (χ1) is 12.0. The zero-order valence-electron chi connectivity index (χ0n) is 13.4. The van der Waals surface area contributed by atoms with Crippen LogP contribution in [0, 0.1) is 5.41 Å². The van der Waals surface area contributed by atoms with E-state index in [1.807, 2.05) is 4.90 Å². The van der Waals surface area contributed by atoms with Gasteiger partial charge in [0.1, 0.15) is 5.82 Å². The number of likely N-dealkylation sites (tertiary alicyclic amines) is 1. The quantitative estimate of drug-likeness (QED) is 0.824. The van der Waals surface area contributed by atoms with Gasteiger partial charge in [-0.05, 0) is 6.42 Å². The molecule has 7 nitrogen and oxygen atoms in total. The molecule has 4 rings (SSSR count). The number of carbonyl (C=O) groups excluding carboxylic acids is 1. The second kappa shape index (κ2) is 5.75. The van der Waals surface area contributed by atoms with Gasteiger partial charge in [-0.25, -0.2) is 13.8 Å². The largest absolute Gasteiger partial charge is 0.354 e. The molecular formula is C16H17F2N5O2. The van der Waals surface area contributed by atoms with Crippen LogP contribution < -0.4 is 4.90 Å². The van der Waals surface area contributed by atoms with Crippen LogP contribution in [0.5, 0.6) is 0 Å². The molecule has 0 saturated carbocycles. The summed E-state index contributed by atoms with van der Waals surface area (Å²) in [4.78, 5) is 23.9. The van der Waals surface area contributed by atoms with Crippen molar-refractivity contribution < 1.29 is 18.1 Å². The summed E-state index contributed by atoms with van der Waals surface area (Å²) in [7, 11) is 0. The summed E-state index contributed by atoms with van der Waals surface area (Å²) < 4.78 is 34.5. The molecule has 2 fully saturated rings. The molecule has 2 saturated heterocycles. The molecule has 25 heavy (non-hydrogen) atoms. The average molecular weight is 349 g/mol. The zero-order chi connectivity index (χ0) is 17.5. The van der Waals surface area contributed by atoms with E-state index in [2.05, 4.69) is 15.1 Å². The fraction of sp³-hybridized carbons (Fsp3) is 0.500. The molecule has 2 aromatic heterocycles. The van der Waals surface area contributed by atoms with Gasteiger partial charge in [0.2, 0.25) is 5.76 Å². The summed E-state index contributed by atoms with van der Waals surface area (Å²) in [6, 6.07) is 1.45. The van der Waals surface area contributed by atoms with Crippen molar-refractivity contribution in [2.45, 2.75) is 18.8 Å². The number of piperidine rings is 1. The number of hydrogen-bond acceptors (Lipinski definition) is 6. The van der Waals surface area contributed by atoms with Gasteiger partial charge >= 0.3 is 0 Å². The molecule has 1 atom stereocenters. The van der Waals surface area contributed by atoms with E-state index in [9.17, 15) is 13.6 Å². The number of anilines is 1. The molecule has 0 bridgehead atoms. The number of alkyl halides is 2. The average Bonchev–Trinajstić information content (AvgIpc) is 3.29. The summed E-state index contributed by atoms with van der Waals surface area (Å²) in [5.41, 5.74) is -1.29. The molecule has 0 radical (unpaired) electrons. The van der Waals surface area contributed by atoms with Crippen LogP contribution in [-0.2, 0) is 0 Å². The Bertz CT molecular complexity index is 755. The minimum Gasteiger partial charge on any atom is -0.354 e. The maximum Gasteiger partial charge on any atom is 0.292 e. The maximum absolute atomic E-state index is 14.8. The standard InChI is InChI=1S/C16H17F2N5O2/c17-16(18)3-8-23(14(24)12-1-4-21-25-12)11-15(16)2-7-22(10-15)13-9-19-5-6-20-13/h1,4-6,9H,2-3,7-8,10-11H2/t15-/m1/s1. The number of hydrogen-bond donors (Lipinski definition) is 0. The van der Waals surface area contributed by atoms with E-state index in [4.69, 9.17) is 4.52 Å². The van der Waals surface area contributed by atoms with Gasteiger partial charge in [0, 0.05) is 51.1 Å². The van der Waals surface area contributed by atoms with Crippen molar-refractivity contribution in [2.24, 2.45) is 5.41 Å². The van der Waals surface area contributed by atoms with Gasteiger partial charge in [-0.1, -0.05) is 5.16 Å². The molecule has 1 amide bonds. The lowest BCUT2D eigenvalue weighted by Gasteiger charge is -2.45. The summed E-state index contributed by atoms with van der Waals surface area (Å²) in [5.74, 6) is -2.59. The lowest BCUT2D eigenvalue weighted by Crippen LogP contribution is -2.58. The van der Waals surface area contributed by atoms with E-state index >= 15 is 0 Å². The second-order valence-electron chi connectivity index (χ2n) is 6.57. The molecule has 9 heteroatoms. The van der Waals surface area contributed by atoms with Crippen molar-refractivity contribution >= 4 is 11.7 Å². The van der Waals surface area contributed by atoms with Gasteiger partial charge in [0.25, 0.3) is 11.8 Å². The van der Waals surface area contributed by atoms with Crippen LogP contribution >= 0.6 is 0 Å². The van der Waals surface area contributed by atoms with Crippen LogP contribution in [0.1, 0.15) is 23.4 Å². The van der Waals surface area contributed by atoms with Crippen molar-refractivity contribution in [1.29, 1.82) is 0 Å². The molecule has 0 N–H and O–H groups in total. The molecule has 0 unspecified atom stereocenters. The van der Waals surface area contributed by atoms with Gasteiger partial charge < -0.3 is 14.3 Å². The van der Waals surface area contributed by atoms with Gasteiger partial charge in [-0.3, -0.25) is 9.78 Å². The summed E-state index contributed by atoms with van der Waals surface area (Å²) in [6.07, 6.45) is 5.95. The molecule has 2 aliphatic rings. The smallest absolute Gasteiger partial charge is 0.292 e. The van der Waals surface area contributed by atoms with E-state index in [0.717, 1.165) is 0 Å². The van der Waals surface area contributed by atoms with Crippen molar-refractivity contribution in [3.05, 3.63) is 36.6 Å². The third kappa shape index (κ3) is 2.63. The Balaban J connectivity index is 1.57. The Morgan fingerprint density at radius 2 is 2.04 bits per heavy atom. The van der Waals surface area contributed by atoms with Crippen LogP contribution in [0.15, 0.2) is 35.4 Å². The third-order valence-corrected chi connectivity index (χ3v) is 5.13. The third-order valence-electron chi connectivity index (χ3n) is 5.13. The molecule has 2 aliphatic heterocycles. The molecular weight excluding hydrogens is 332 g/mol. The molecule has 1 spiro atoms. The molecule has 0 aliphatic carbocycles. The van der Waals surface area contributed by atoms with E-state index in [0.29, 0.717) is 12.4 Å². The Morgan fingerprint density at radius 1 is 1.16 bits per heavy atom. The number of rotatable bonds is 2. The fourth-order valence-corrected chi connectivity index (χ4v) is 3.71. The molecule has 0 aromatic carbocycles. The highest BCUT2D eigenvalue weighted by Crippen LogP contribution is 2.50. The van der Waals surface area contributed by atoms with E-state index < -0.39 is 17.2 Å². The highest BCUT2D eigenvalue weighted by molar-refractivity contribution is 5.91. The predicted molar refractivity (Wildman–Crippen MR) is 83.3 cm³/mol. The molecule has 4 heterocycles. The van der Waals surface area contributed by atoms with Crippen LogP contribution in [-0.4, -0.2) is 58.0 Å². The monoisotopic (exact) mass is 349 g/mol. The van der Waals surface area contributed by atoms with Crippen molar-refractivity contribution in [1.82, 2.24) is 20.0 Å². The lowest BCUT2D eigenvalue weighted by atomic mass is 9.75. The first-order valence-corrected chi connectivity index (χ1v) is 8.10. The summed E-state index contributed by atoms with van der Waals surface area (Å²) in [5, 5.41) is 3.51. The Hall–Kier alpha value is -2.58. The van der Waals surface area contributed by atoms with Gasteiger partial charge in [-0.2, -0.15) is 0 Å². The SMILES string of the molecule is O=C(c1ccno1)N1CCC(F)(F)[C@@]2(CCN(c3cnccn3)C2)C1. The number of amides is 1. The summed E-state index contributed by atoms with van der Waals surface area (Å²) >= 11 is 0. The second-order valence-corrected chi connectivity index (χ2v) is 6.57. The predicted octanol–water partition coefficient (Wildman–Crippen LogP) is 1.84. The van der Waals surface area contributed by atoms with Gasteiger partial charge in [0.05, 0.1) is 17.8 Å². The van der Waals surface area contributed by atoms with E-state index in [1.165, 1.54) is 17.2 Å². The minimum absolute atomic E-state index is 0.000570. The van der Waals surface area contributed by atoms with Crippen molar-refractivity contribution in [3.8, 4) is 0 Å². The minimum atomic E-state index is -2.85.